The van der Waals surface area contributed by atoms with E-state index in [0.717, 1.165) is 6.42 Å². The second kappa shape index (κ2) is 5.58. The minimum Gasteiger partial charge on any atom is -0.350 e. The number of amides is 1. The molecule has 124 valence electrons. The fourth-order valence-electron chi connectivity index (χ4n) is 4.06. The van der Waals surface area contributed by atoms with Gasteiger partial charge in [-0.2, -0.15) is 0 Å². The first kappa shape index (κ1) is 15.1. The standard InChI is InChI=1S/C19H21N3O2/c1-10-11(2)22-19(24)17(21-10)18(23)20-9-15-14-8-7-12-5-3-4-6-13(12)16(14)15/h3-6,14-16H,7-9H2,1-2H3,(H,20,23)(H,22,24). The van der Waals surface area contributed by atoms with Crippen molar-refractivity contribution >= 4 is 5.91 Å². The summed E-state index contributed by atoms with van der Waals surface area (Å²) in [5, 5.41) is 2.91. The Labute approximate surface area is 140 Å². The summed E-state index contributed by atoms with van der Waals surface area (Å²) in [4.78, 5) is 31.1. The summed E-state index contributed by atoms with van der Waals surface area (Å²) in [5.41, 5.74) is 3.79. The highest BCUT2D eigenvalue weighted by Crippen LogP contribution is 2.59. The lowest BCUT2D eigenvalue weighted by Gasteiger charge is -2.13. The van der Waals surface area contributed by atoms with E-state index >= 15 is 0 Å². The third-order valence-electron chi connectivity index (χ3n) is 5.54. The van der Waals surface area contributed by atoms with Gasteiger partial charge in [0, 0.05) is 12.2 Å². The maximum Gasteiger partial charge on any atom is 0.279 e. The van der Waals surface area contributed by atoms with Crippen molar-refractivity contribution < 1.29 is 4.79 Å². The van der Waals surface area contributed by atoms with Gasteiger partial charge in [0.05, 0.1) is 5.69 Å². The monoisotopic (exact) mass is 323 g/mol. The number of aryl methyl sites for hydroxylation is 3. The molecule has 3 atom stereocenters. The third kappa shape index (κ3) is 2.44. The molecule has 5 heteroatoms. The molecule has 1 fully saturated rings. The van der Waals surface area contributed by atoms with E-state index in [1.54, 1.807) is 13.8 Å². The van der Waals surface area contributed by atoms with E-state index in [2.05, 4.69) is 39.6 Å². The smallest absolute Gasteiger partial charge is 0.279 e. The van der Waals surface area contributed by atoms with Crippen LogP contribution in [0.5, 0.6) is 0 Å². The van der Waals surface area contributed by atoms with E-state index in [1.165, 1.54) is 17.5 Å². The quantitative estimate of drug-likeness (QED) is 0.908. The number of H-pyrrole nitrogens is 1. The number of nitrogens with one attached hydrogen (secondary N) is 2. The first-order chi connectivity index (χ1) is 11.6. The molecule has 2 aromatic rings. The molecular formula is C19H21N3O2. The maximum absolute atomic E-state index is 12.3. The first-order valence-corrected chi connectivity index (χ1v) is 8.50. The number of fused-ring (bicyclic) bond motifs is 3. The number of carbonyl (C=O) groups excluding carboxylic acids is 1. The van der Waals surface area contributed by atoms with Crippen LogP contribution >= 0.6 is 0 Å². The summed E-state index contributed by atoms with van der Waals surface area (Å²) < 4.78 is 0. The molecule has 24 heavy (non-hydrogen) atoms. The van der Waals surface area contributed by atoms with Crippen molar-refractivity contribution in [1.82, 2.24) is 15.3 Å². The Bertz CT molecular complexity index is 871. The van der Waals surface area contributed by atoms with Gasteiger partial charge in [-0.3, -0.25) is 9.59 Å². The molecule has 2 N–H and O–H groups in total. The van der Waals surface area contributed by atoms with Crippen molar-refractivity contribution in [2.24, 2.45) is 11.8 Å². The van der Waals surface area contributed by atoms with Crippen LogP contribution in [0, 0.1) is 25.7 Å². The average Bonchev–Trinajstić information content (AvgIpc) is 3.30. The number of aromatic amines is 1. The van der Waals surface area contributed by atoms with E-state index in [0.29, 0.717) is 35.7 Å². The molecule has 0 bridgehead atoms. The zero-order valence-electron chi connectivity index (χ0n) is 13.9. The highest BCUT2D eigenvalue weighted by Gasteiger charge is 2.52. The maximum atomic E-state index is 12.3. The van der Waals surface area contributed by atoms with Crippen LogP contribution in [0.15, 0.2) is 29.1 Å². The van der Waals surface area contributed by atoms with Gasteiger partial charge in [-0.1, -0.05) is 24.3 Å². The molecule has 1 aromatic heterocycles. The van der Waals surface area contributed by atoms with Crippen LogP contribution in [0.1, 0.15) is 45.3 Å². The van der Waals surface area contributed by atoms with E-state index < -0.39 is 5.56 Å². The second-order valence-corrected chi connectivity index (χ2v) is 6.93. The van der Waals surface area contributed by atoms with E-state index in [1.807, 2.05) is 0 Å². The van der Waals surface area contributed by atoms with Crippen LogP contribution in [-0.2, 0) is 6.42 Å². The summed E-state index contributed by atoms with van der Waals surface area (Å²) in [6, 6.07) is 8.60. The number of rotatable bonds is 3. The van der Waals surface area contributed by atoms with Crippen LogP contribution < -0.4 is 10.9 Å². The minimum atomic E-state index is -0.422. The van der Waals surface area contributed by atoms with Gasteiger partial charge in [0.1, 0.15) is 0 Å². The van der Waals surface area contributed by atoms with E-state index in [-0.39, 0.29) is 11.6 Å². The Morgan fingerprint density at radius 1 is 1.33 bits per heavy atom. The first-order valence-electron chi connectivity index (χ1n) is 8.50. The van der Waals surface area contributed by atoms with Crippen molar-refractivity contribution in [3.05, 3.63) is 62.8 Å². The fraction of sp³-hybridized carbons (Fsp3) is 0.421. The summed E-state index contributed by atoms with van der Waals surface area (Å²) >= 11 is 0. The molecule has 1 saturated carbocycles. The Morgan fingerprint density at radius 3 is 2.96 bits per heavy atom. The Kier molecular flexibility index (Phi) is 3.52. The number of carbonyl (C=O) groups is 1. The van der Waals surface area contributed by atoms with Gasteiger partial charge < -0.3 is 10.3 Å². The van der Waals surface area contributed by atoms with Gasteiger partial charge in [-0.25, -0.2) is 4.98 Å². The second-order valence-electron chi connectivity index (χ2n) is 6.93. The molecule has 2 aliphatic rings. The number of benzene rings is 1. The lowest BCUT2D eigenvalue weighted by molar-refractivity contribution is 0.0944. The average molecular weight is 323 g/mol. The molecule has 0 saturated heterocycles. The Balaban J connectivity index is 1.45. The predicted molar refractivity (Wildman–Crippen MR) is 91.1 cm³/mol. The van der Waals surface area contributed by atoms with Crippen LogP contribution in [0.3, 0.4) is 0 Å². The van der Waals surface area contributed by atoms with Crippen molar-refractivity contribution in [2.75, 3.05) is 6.54 Å². The van der Waals surface area contributed by atoms with Crippen LogP contribution in [0.25, 0.3) is 0 Å². The third-order valence-corrected chi connectivity index (χ3v) is 5.54. The topological polar surface area (TPSA) is 74.8 Å². The molecule has 4 rings (SSSR count). The molecule has 5 nitrogen and oxygen atoms in total. The molecule has 1 amide bonds. The Morgan fingerprint density at radius 2 is 2.12 bits per heavy atom. The molecular weight excluding hydrogens is 302 g/mol. The zero-order chi connectivity index (χ0) is 16.8. The fourth-order valence-corrected chi connectivity index (χ4v) is 4.06. The van der Waals surface area contributed by atoms with Crippen molar-refractivity contribution in [3.63, 3.8) is 0 Å². The van der Waals surface area contributed by atoms with Gasteiger partial charge in [0.2, 0.25) is 0 Å². The van der Waals surface area contributed by atoms with Gasteiger partial charge in [-0.05, 0) is 55.6 Å². The molecule has 1 heterocycles. The molecule has 1 aromatic carbocycles. The lowest BCUT2D eigenvalue weighted by Crippen LogP contribution is -2.33. The molecule has 0 radical (unpaired) electrons. The molecule has 3 unspecified atom stereocenters. The van der Waals surface area contributed by atoms with Gasteiger partial charge in [0.25, 0.3) is 11.5 Å². The van der Waals surface area contributed by atoms with Crippen molar-refractivity contribution in [2.45, 2.75) is 32.6 Å². The van der Waals surface area contributed by atoms with Crippen molar-refractivity contribution in [3.8, 4) is 0 Å². The van der Waals surface area contributed by atoms with E-state index in [4.69, 9.17) is 0 Å². The summed E-state index contributed by atoms with van der Waals surface area (Å²) in [7, 11) is 0. The molecule has 0 aliphatic heterocycles. The minimum absolute atomic E-state index is 0.0397. The van der Waals surface area contributed by atoms with Crippen LogP contribution in [-0.4, -0.2) is 22.4 Å². The number of hydrogen-bond donors (Lipinski definition) is 2. The Hall–Kier alpha value is -2.43. The van der Waals surface area contributed by atoms with Crippen molar-refractivity contribution in [1.29, 1.82) is 0 Å². The van der Waals surface area contributed by atoms with Gasteiger partial charge in [-0.15, -0.1) is 0 Å². The van der Waals surface area contributed by atoms with Gasteiger partial charge >= 0.3 is 0 Å². The largest absolute Gasteiger partial charge is 0.350 e. The van der Waals surface area contributed by atoms with Crippen LogP contribution in [0.2, 0.25) is 0 Å². The SMILES string of the molecule is Cc1nc(C(=O)NCC2C3CCc4ccccc4C32)c(=O)[nH]c1C. The number of hydrogen-bond acceptors (Lipinski definition) is 3. The van der Waals surface area contributed by atoms with Crippen LogP contribution in [0.4, 0.5) is 0 Å². The summed E-state index contributed by atoms with van der Waals surface area (Å²) in [6.07, 6.45) is 2.31. The van der Waals surface area contributed by atoms with E-state index in [9.17, 15) is 9.59 Å². The summed E-state index contributed by atoms with van der Waals surface area (Å²) in [5.74, 6) is 1.31. The zero-order valence-corrected chi connectivity index (χ0v) is 13.9. The normalized spacial score (nSPS) is 24.0. The lowest BCUT2D eigenvalue weighted by atomic mass is 9.92. The highest BCUT2D eigenvalue weighted by molar-refractivity contribution is 5.91. The molecule has 2 aliphatic carbocycles. The van der Waals surface area contributed by atoms with Gasteiger partial charge in [0.15, 0.2) is 5.69 Å². The predicted octanol–water partition coefficient (Wildman–Crippen LogP) is 2.09. The highest BCUT2D eigenvalue weighted by atomic mass is 16.2. The summed E-state index contributed by atoms with van der Waals surface area (Å²) in [6.45, 7) is 4.17. The number of nitrogens with zero attached hydrogens (tertiary/aromatic N) is 1. The number of aromatic nitrogens is 2. The molecule has 0 spiro atoms.